The zero-order chi connectivity index (χ0) is 13.7. The first kappa shape index (κ1) is 14.6. The minimum Gasteiger partial charge on any atom is -0.481 e. The molecule has 100 valence electrons. The summed E-state index contributed by atoms with van der Waals surface area (Å²) in [4.78, 5) is 19.4. The summed E-state index contributed by atoms with van der Waals surface area (Å²) in [7, 11) is 1.66. The zero-order valence-electron chi connectivity index (χ0n) is 11.4. The van der Waals surface area contributed by atoms with Gasteiger partial charge in [-0.2, -0.15) is 0 Å². The molecule has 1 heterocycles. The van der Waals surface area contributed by atoms with Crippen LogP contribution in [0.25, 0.3) is 0 Å². The van der Waals surface area contributed by atoms with Gasteiger partial charge in [0.15, 0.2) is 0 Å². The molecule has 0 aliphatic carbocycles. The van der Waals surface area contributed by atoms with Crippen LogP contribution < -0.4 is 0 Å². The van der Waals surface area contributed by atoms with Gasteiger partial charge < -0.3 is 9.84 Å². The van der Waals surface area contributed by atoms with Gasteiger partial charge in [-0.05, 0) is 32.8 Å². The Morgan fingerprint density at radius 3 is 2.33 bits per heavy atom. The summed E-state index contributed by atoms with van der Waals surface area (Å²) in [5.74, 6) is -0.0516. The highest BCUT2D eigenvalue weighted by Gasteiger charge is 2.12. The van der Waals surface area contributed by atoms with Crippen LogP contribution in [0.5, 0.6) is 0 Å². The molecule has 0 saturated heterocycles. The normalized spacial score (nSPS) is 12.4. The van der Waals surface area contributed by atoms with Crippen LogP contribution in [0.2, 0.25) is 0 Å². The number of aromatic nitrogens is 2. The molecule has 1 rings (SSSR count). The lowest BCUT2D eigenvalue weighted by atomic mass is 10.1. The Balaban J connectivity index is 2.86. The molecule has 1 aromatic rings. The maximum absolute atomic E-state index is 10.6. The Hall–Kier alpha value is -1.49. The Bertz CT molecular complexity index is 409. The number of rotatable bonds is 6. The van der Waals surface area contributed by atoms with E-state index in [9.17, 15) is 4.79 Å². The fourth-order valence-corrected chi connectivity index (χ4v) is 1.83. The second kappa shape index (κ2) is 6.44. The minimum absolute atomic E-state index is 0.0775. The molecule has 18 heavy (non-hydrogen) atoms. The van der Waals surface area contributed by atoms with Crippen molar-refractivity contribution in [1.29, 1.82) is 0 Å². The van der Waals surface area contributed by atoms with Crippen LogP contribution in [-0.2, 0) is 22.4 Å². The maximum Gasteiger partial charge on any atom is 0.303 e. The average molecular weight is 252 g/mol. The van der Waals surface area contributed by atoms with E-state index in [1.54, 1.807) is 7.11 Å². The highest BCUT2D eigenvalue weighted by atomic mass is 16.5. The number of hydrogen-bond acceptors (Lipinski definition) is 4. The Morgan fingerprint density at radius 1 is 1.33 bits per heavy atom. The summed E-state index contributed by atoms with van der Waals surface area (Å²) in [6, 6.07) is 0. The molecule has 0 fully saturated rings. The summed E-state index contributed by atoms with van der Waals surface area (Å²) in [5.41, 5.74) is 2.66. The third kappa shape index (κ3) is 4.07. The van der Waals surface area contributed by atoms with Gasteiger partial charge >= 0.3 is 5.97 Å². The van der Waals surface area contributed by atoms with E-state index in [1.165, 1.54) is 0 Å². The predicted molar refractivity (Wildman–Crippen MR) is 67.6 cm³/mol. The molecule has 1 unspecified atom stereocenters. The third-order valence-corrected chi connectivity index (χ3v) is 2.93. The lowest BCUT2D eigenvalue weighted by Gasteiger charge is -2.12. The Labute approximate surface area is 107 Å². The van der Waals surface area contributed by atoms with Crippen LogP contribution in [0.15, 0.2) is 0 Å². The van der Waals surface area contributed by atoms with E-state index in [-0.39, 0.29) is 12.5 Å². The summed E-state index contributed by atoms with van der Waals surface area (Å²) < 4.78 is 5.19. The van der Waals surface area contributed by atoms with Gasteiger partial charge in [0.2, 0.25) is 0 Å². The quantitative estimate of drug-likeness (QED) is 0.834. The number of carboxylic acid groups (broad SMARTS) is 1. The lowest BCUT2D eigenvalue weighted by Crippen LogP contribution is -2.14. The summed E-state index contributed by atoms with van der Waals surface area (Å²) in [6.07, 6.45) is 1.33. The number of carboxylic acids is 1. The van der Waals surface area contributed by atoms with Crippen molar-refractivity contribution in [2.45, 2.75) is 46.1 Å². The molecule has 1 aromatic heterocycles. The molecule has 5 heteroatoms. The smallest absolute Gasteiger partial charge is 0.303 e. The van der Waals surface area contributed by atoms with E-state index >= 15 is 0 Å². The van der Waals surface area contributed by atoms with E-state index in [0.29, 0.717) is 12.8 Å². The van der Waals surface area contributed by atoms with Gasteiger partial charge in [0.1, 0.15) is 5.82 Å². The molecule has 0 amide bonds. The van der Waals surface area contributed by atoms with Gasteiger partial charge in [-0.3, -0.25) is 4.79 Å². The van der Waals surface area contributed by atoms with E-state index in [0.717, 1.165) is 22.8 Å². The van der Waals surface area contributed by atoms with Gasteiger partial charge in [0.25, 0.3) is 0 Å². The molecule has 0 bridgehead atoms. The first-order valence-electron chi connectivity index (χ1n) is 6.01. The number of nitrogens with zero attached hydrogens (tertiary/aromatic N) is 2. The fourth-order valence-electron chi connectivity index (χ4n) is 1.83. The lowest BCUT2D eigenvalue weighted by molar-refractivity contribution is -0.136. The van der Waals surface area contributed by atoms with Gasteiger partial charge in [0, 0.05) is 31.3 Å². The van der Waals surface area contributed by atoms with Crippen molar-refractivity contribution in [3.8, 4) is 0 Å². The minimum atomic E-state index is -0.800. The van der Waals surface area contributed by atoms with Crippen molar-refractivity contribution >= 4 is 5.97 Å². The van der Waals surface area contributed by atoms with Crippen LogP contribution in [0.4, 0.5) is 0 Å². The molecule has 5 nitrogen and oxygen atoms in total. The molecule has 0 saturated carbocycles. The van der Waals surface area contributed by atoms with E-state index in [2.05, 4.69) is 9.97 Å². The van der Waals surface area contributed by atoms with Crippen molar-refractivity contribution in [1.82, 2.24) is 9.97 Å². The monoisotopic (exact) mass is 252 g/mol. The van der Waals surface area contributed by atoms with Gasteiger partial charge in [-0.25, -0.2) is 9.97 Å². The Morgan fingerprint density at radius 2 is 1.89 bits per heavy atom. The van der Waals surface area contributed by atoms with Crippen LogP contribution in [0, 0.1) is 13.8 Å². The Kier molecular flexibility index (Phi) is 5.22. The highest BCUT2D eigenvalue weighted by molar-refractivity contribution is 5.67. The van der Waals surface area contributed by atoms with E-state index in [4.69, 9.17) is 9.84 Å². The third-order valence-electron chi connectivity index (χ3n) is 2.93. The van der Waals surface area contributed by atoms with Crippen molar-refractivity contribution in [2.24, 2.45) is 0 Å². The second-order valence-electron chi connectivity index (χ2n) is 4.43. The van der Waals surface area contributed by atoms with Gasteiger partial charge in [0.05, 0.1) is 6.10 Å². The van der Waals surface area contributed by atoms with Crippen LogP contribution >= 0.6 is 0 Å². The maximum atomic E-state index is 10.6. The zero-order valence-corrected chi connectivity index (χ0v) is 11.4. The van der Waals surface area contributed by atoms with Crippen molar-refractivity contribution in [3.63, 3.8) is 0 Å². The van der Waals surface area contributed by atoms with Crippen LogP contribution in [0.3, 0.4) is 0 Å². The first-order valence-corrected chi connectivity index (χ1v) is 6.01. The molecular weight excluding hydrogens is 232 g/mol. The topological polar surface area (TPSA) is 72.3 Å². The highest BCUT2D eigenvalue weighted by Crippen LogP contribution is 2.13. The second-order valence-corrected chi connectivity index (χ2v) is 4.43. The van der Waals surface area contributed by atoms with Crippen molar-refractivity contribution < 1.29 is 14.6 Å². The van der Waals surface area contributed by atoms with Crippen molar-refractivity contribution in [2.75, 3.05) is 7.11 Å². The van der Waals surface area contributed by atoms with Crippen LogP contribution in [0.1, 0.15) is 36.1 Å². The number of ether oxygens (including phenoxy) is 1. The number of aliphatic carboxylic acids is 1. The summed E-state index contributed by atoms with van der Waals surface area (Å²) in [5, 5.41) is 8.70. The van der Waals surface area contributed by atoms with Crippen molar-refractivity contribution in [3.05, 3.63) is 22.8 Å². The average Bonchev–Trinajstić information content (AvgIpc) is 2.27. The van der Waals surface area contributed by atoms with E-state index in [1.807, 2.05) is 20.8 Å². The molecule has 0 aromatic carbocycles. The van der Waals surface area contributed by atoms with Gasteiger partial charge in [-0.15, -0.1) is 0 Å². The molecule has 1 atom stereocenters. The molecule has 0 aliphatic heterocycles. The SMILES string of the molecule is COC(C)Cc1nc(C)c(CCC(=O)O)c(C)n1. The summed E-state index contributed by atoms with van der Waals surface area (Å²) in [6.45, 7) is 5.76. The number of methoxy groups -OCH3 is 1. The fraction of sp³-hybridized carbons (Fsp3) is 0.615. The van der Waals surface area contributed by atoms with Gasteiger partial charge in [-0.1, -0.05) is 0 Å². The summed E-state index contributed by atoms with van der Waals surface area (Å²) >= 11 is 0. The largest absolute Gasteiger partial charge is 0.481 e. The predicted octanol–water partition coefficient (Wildman–Crippen LogP) is 1.69. The molecular formula is C13H20N2O3. The number of carbonyl (C=O) groups is 1. The number of aryl methyl sites for hydroxylation is 2. The first-order chi connectivity index (χ1) is 8.43. The van der Waals surface area contributed by atoms with Crippen LogP contribution in [-0.4, -0.2) is 34.3 Å². The standard InChI is InChI=1S/C13H20N2O3/c1-8(18-4)7-12-14-9(2)11(10(3)15-12)5-6-13(16)17/h8H,5-7H2,1-4H3,(H,16,17). The number of hydrogen-bond donors (Lipinski definition) is 1. The van der Waals surface area contributed by atoms with E-state index < -0.39 is 5.97 Å². The molecule has 0 spiro atoms. The molecule has 1 N–H and O–H groups in total. The molecule has 0 aliphatic rings. The molecule has 0 radical (unpaired) electrons.